The van der Waals surface area contributed by atoms with Crippen molar-refractivity contribution in [1.82, 2.24) is 10.3 Å². The SMILES string of the molecule is CNCc1ccc(N2CCCC(OC)C2)nc1C. The lowest BCUT2D eigenvalue weighted by Gasteiger charge is -2.33. The van der Waals surface area contributed by atoms with Crippen LogP contribution in [0.3, 0.4) is 0 Å². The molecule has 1 fully saturated rings. The summed E-state index contributed by atoms with van der Waals surface area (Å²) in [5.41, 5.74) is 2.38. The van der Waals surface area contributed by atoms with Gasteiger partial charge in [0.2, 0.25) is 0 Å². The van der Waals surface area contributed by atoms with Crippen molar-refractivity contribution in [2.45, 2.75) is 32.4 Å². The van der Waals surface area contributed by atoms with Crippen LogP contribution >= 0.6 is 0 Å². The molecule has 0 aliphatic carbocycles. The molecule has 1 unspecified atom stereocenters. The van der Waals surface area contributed by atoms with Gasteiger partial charge in [-0.3, -0.25) is 0 Å². The molecule has 0 saturated carbocycles. The fourth-order valence-corrected chi connectivity index (χ4v) is 2.47. The smallest absolute Gasteiger partial charge is 0.128 e. The van der Waals surface area contributed by atoms with Gasteiger partial charge in [0.1, 0.15) is 5.82 Å². The molecule has 1 saturated heterocycles. The Hall–Kier alpha value is -1.13. The molecule has 1 N–H and O–H groups in total. The fraction of sp³-hybridized carbons (Fsp3) is 0.643. The summed E-state index contributed by atoms with van der Waals surface area (Å²) in [5.74, 6) is 1.08. The van der Waals surface area contributed by atoms with E-state index in [1.54, 1.807) is 7.11 Å². The Balaban J connectivity index is 2.10. The van der Waals surface area contributed by atoms with Crippen LogP contribution < -0.4 is 10.2 Å². The number of ether oxygens (including phenoxy) is 1. The molecule has 4 heteroatoms. The molecular formula is C14H23N3O. The van der Waals surface area contributed by atoms with Crippen molar-refractivity contribution in [2.75, 3.05) is 32.1 Å². The number of nitrogens with one attached hydrogen (secondary N) is 1. The number of hydrogen-bond donors (Lipinski definition) is 1. The van der Waals surface area contributed by atoms with Crippen molar-refractivity contribution < 1.29 is 4.74 Å². The molecule has 2 heterocycles. The van der Waals surface area contributed by atoms with Crippen LogP contribution in [0.25, 0.3) is 0 Å². The lowest BCUT2D eigenvalue weighted by Crippen LogP contribution is -2.39. The summed E-state index contributed by atoms with van der Waals surface area (Å²) in [5, 5.41) is 3.17. The Morgan fingerprint density at radius 3 is 3.00 bits per heavy atom. The molecule has 4 nitrogen and oxygen atoms in total. The van der Waals surface area contributed by atoms with Crippen LogP contribution in [0.4, 0.5) is 5.82 Å². The maximum Gasteiger partial charge on any atom is 0.128 e. The lowest BCUT2D eigenvalue weighted by atomic mass is 10.1. The molecular weight excluding hydrogens is 226 g/mol. The zero-order chi connectivity index (χ0) is 13.0. The number of pyridine rings is 1. The molecule has 0 amide bonds. The first-order valence-corrected chi connectivity index (χ1v) is 6.63. The highest BCUT2D eigenvalue weighted by molar-refractivity contribution is 5.42. The predicted molar refractivity (Wildman–Crippen MR) is 74.0 cm³/mol. The van der Waals surface area contributed by atoms with E-state index in [1.165, 1.54) is 12.0 Å². The number of anilines is 1. The Bertz CT molecular complexity index is 395. The Kier molecular flexibility index (Phi) is 4.55. The molecule has 18 heavy (non-hydrogen) atoms. The second kappa shape index (κ2) is 6.16. The van der Waals surface area contributed by atoms with Gasteiger partial charge in [-0.15, -0.1) is 0 Å². The van der Waals surface area contributed by atoms with Crippen molar-refractivity contribution in [3.05, 3.63) is 23.4 Å². The van der Waals surface area contributed by atoms with Crippen LogP contribution in [0.15, 0.2) is 12.1 Å². The molecule has 1 atom stereocenters. The van der Waals surface area contributed by atoms with Crippen LogP contribution in [0, 0.1) is 6.92 Å². The van der Waals surface area contributed by atoms with Crippen molar-refractivity contribution in [1.29, 1.82) is 0 Å². The third-order valence-electron chi connectivity index (χ3n) is 3.58. The van der Waals surface area contributed by atoms with E-state index in [0.717, 1.165) is 37.6 Å². The van der Waals surface area contributed by atoms with Gasteiger partial charge in [0, 0.05) is 32.4 Å². The van der Waals surface area contributed by atoms with E-state index in [9.17, 15) is 0 Å². The van der Waals surface area contributed by atoms with E-state index in [-0.39, 0.29) is 0 Å². The highest BCUT2D eigenvalue weighted by atomic mass is 16.5. The molecule has 0 spiro atoms. The van der Waals surface area contributed by atoms with E-state index >= 15 is 0 Å². The summed E-state index contributed by atoms with van der Waals surface area (Å²) in [6.07, 6.45) is 2.68. The van der Waals surface area contributed by atoms with E-state index in [0.29, 0.717) is 6.10 Å². The van der Waals surface area contributed by atoms with Crippen LogP contribution in [0.2, 0.25) is 0 Å². The average molecular weight is 249 g/mol. The third-order valence-corrected chi connectivity index (χ3v) is 3.58. The zero-order valence-electron chi connectivity index (χ0n) is 11.6. The van der Waals surface area contributed by atoms with Gasteiger partial charge in [-0.1, -0.05) is 6.07 Å². The fourth-order valence-electron chi connectivity index (χ4n) is 2.47. The second-order valence-electron chi connectivity index (χ2n) is 4.89. The molecule has 0 aromatic carbocycles. The lowest BCUT2D eigenvalue weighted by molar-refractivity contribution is 0.0891. The van der Waals surface area contributed by atoms with Crippen LogP contribution in [-0.2, 0) is 11.3 Å². The summed E-state index contributed by atoms with van der Waals surface area (Å²) in [6, 6.07) is 4.29. The monoisotopic (exact) mass is 249 g/mol. The molecule has 1 aromatic heterocycles. The third kappa shape index (κ3) is 3.00. The number of piperidine rings is 1. The molecule has 2 rings (SSSR count). The standard InChI is InChI=1S/C14H23N3O/c1-11-12(9-15-2)6-7-14(16-11)17-8-4-5-13(10-17)18-3/h6-7,13,15H,4-5,8-10H2,1-3H3. The average Bonchev–Trinajstić information content (AvgIpc) is 2.41. The summed E-state index contributed by atoms with van der Waals surface area (Å²) < 4.78 is 5.46. The van der Waals surface area contributed by atoms with Crippen LogP contribution in [-0.4, -0.2) is 38.3 Å². The first-order valence-electron chi connectivity index (χ1n) is 6.63. The number of methoxy groups -OCH3 is 1. The van der Waals surface area contributed by atoms with Gasteiger partial charge in [0.25, 0.3) is 0 Å². The normalized spacial score (nSPS) is 20.2. The number of rotatable bonds is 4. The van der Waals surface area contributed by atoms with Gasteiger partial charge in [-0.25, -0.2) is 4.98 Å². The molecule has 1 aromatic rings. The van der Waals surface area contributed by atoms with Gasteiger partial charge in [-0.05, 0) is 38.4 Å². The van der Waals surface area contributed by atoms with Gasteiger partial charge >= 0.3 is 0 Å². The molecule has 100 valence electrons. The van der Waals surface area contributed by atoms with Crippen molar-refractivity contribution in [3.63, 3.8) is 0 Å². The quantitative estimate of drug-likeness (QED) is 0.882. The van der Waals surface area contributed by atoms with Gasteiger partial charge in [0.05, 0.1) is 6.10 Å². The summed E-state index contributed by atoms with van der Waals surface area (Å²) >= 11 is 0. The molecule has 1 aliphatic rings. The van der Waals surface area contributed by atoms with E-state index in [2.05, 4.69) is 29.3 Å². The van der Waals surface area contributed by atoms with Gasteiger partial charge < -0.3 is 15.0 Å². The second-order valence-corrected chi connectivity index (χ2v) is 4.89. The first kappa shape index (κ1) is 13.3. The Labute approximate surface area is 109 Å². The minimum Gasteiger partial charge on any atom is -0.380 e. The van der Waals surface area contributed by atoms with Gasteiger partial charge in [-0.2, -0.15) is 0 Å². The summed E-state index contributed by atoms with van der Waals surface area (Å²) in [4.78, 5) is 7.04. The van der Waals surface area contributed by atoms with Crippen LogP contribution in [0.5, 0.6) is 0 Å². The maximum absolute atomic E-state index is 5.46. The van der Waals surface area contributed by atoms with Gasteiger partial charge in [0.15, 0.2) is 0 Å². The van der Waals surface area contributed by atoms with E-state index < -0.39 is 0 Å². The topological polar surface area (TPSA) is 37.4 Å². The number of hydrogen-bond acceptors (Lipinski definition) is 4. The summed E-state index contributed by atoms with van der Waals surface area (Å²) in [6.45, 7) is 4.99. The summed E-state index contributed by atoms with van der Waals surface area (Å²) in [7, 11) is 3.75. The predicted octanol–water partition coefficient (Wildman–Crippen LogP) is 1.72. The Morgan fingerprint density at radius 1 is 1.50 bits per heavy atom. The molecule has 1 aliphatic heterocycles. The highest BCUT2D eigenvalue weighted by Gasteiger charge is 2.20. The van der Waals surface area contributed by atoms with E-state index in [4.69, 9.17) is 9.72 Å². The Morgan fingerprint density at radius 2 is 2.33 bits per heavy atom. The number of aromatic nitrogens is 1. The maximum atomic E-state index is 5.46. The molecule has 0 radical (unpaired) electrons. The van der Waals surface area contributed by atoms with Crippen LogP contribution in [0.1, 0.15) is 24.1 Å². The first-order chi connectivity index (χ1) is 8.74. The van der Waals surface area contributed by atoms with Crippen molar-refractivity contribution in [2.24, 2.45) is 0 Å². The minimum atomic E-state index is 0.345. The largest absolute Gasteiger partial charge is 0.380 e. The van der Waals surface area contributed by atoms with Crippen molar-refractivity contribution in [3.8, 4) is 0 Å². The number of aryl methyl sites for hydroxylation is 1. The molecule has 0 bridgehead atoms. The van der Waals surface area contributed by atoms with Crippen molar-refractivity contribution >= 4 is 5.82 Å². The minimum absolute atomic E-state index is 0.345. The number of nitrogens with zero attached hydrogens (tertiary/aromatic N) is 2. The highest BCUT2D eigenvalue weighted by Crippen LogP contribution is 2.20. The van der Waals surface area contributed by atoms with E-state index in [1.807, 2.05) is 7.05 Å². The zero-order valence-corrected chi connectivity index (χ0v) is 11.6.